The predicted molar refractivity (Wildman–Crippen MR) is 68.9 cm³/mol. The van der Waals surface area contributed by atoms with Gasteiger partial charge in [0.1, 0.15) is 11.6 Å². The number of ketones is 1. The number of carbonyl (C=O) groups is 1. The van der Waals surface area contributed by atoms with Crippen LogP contribution in [0.3, 0.4) is 0 Å². The van der Waals surface area contributed by atoms with Crippen LogP contribution in [0, 0.1) is 5.82 Å². The zero-order valence-corrected chi connectivity index (χ0v) is 10.8. The number of benzene rings is 1. The molecule has 0 spiro atoms. The van der Waals surface area contributed by atoms with Crippen molar-refractivity contribution in [1.82, 2.24) is 0 Å². The molecule has 1 aromatic carbocycles. The van der Waals surface area contributed by atoms with Crippen LogP contribution < -0.4 is 0 Å². The van der Waals surface area contributed by atoms with Crippen molar-refractivity contribution < 1.29 is 13.9 Å². The maximum atomic E-state index is 12.6. The molecule has 0 aliphatic carbocycles. The second-order valence-electron chi connectivity index (χ2n) is 3.74. The van der Waals surface area contributed by atoms with Gasteiger partial charge >= 0.3 is 0 Å². The molecule has 0 saturated heterocycles. The van der Waals surface area contributed by atoms with Gasteiger partial charge in [-0.1, -0.05) is 12.1 Å². The number of hydrogen-bond acceptors (Lipinski definition) is 3. The first-order valence-electron chi connectivity index (χ1n) is 5.55. The molecule has 94 valence electrons. The van der Waals surface area contributed by atoms with Gasteiger partial charge < -0.3 is 4.74 Å². The molecule has 1 aromatic rings. The van der Waals surface area contributed by atoms with Gasteiger partial charge in [0.15, 0.2) is 0 Å². The van der Waals surface area contributed by atoms with Crippen molar-refractivity contribution in [2.45, 2.75) is 12.8 Å². The largest absolute Gasteiger partial charge is 0.385 e. The van der Waals surface area contributed by atoms with Crippen LogP contribution >= 0.6 is 11.8 Å². The number of Topliss-reactive ketones (excluding diaryl/α,β-unsaturated/α-hetero) is 1. The summed E-state index contributed by atoms with van der Waals surface area (Å²) in [7, 11) is 1.67. The van der Waals surface area contributed by atoms with Crippen LogP contribution in [0.2, 0.25) is 0 Å². The minimum atomic E-state index is -0.268. The molecule has 0 saturated carbocycles. The second kappa shape index (κ2) is 8.25. The van der Waals surface area contributed by atoms with Crippen LogP contribution in [0.15, 0.2) is 24.3 Å². The lowest BCUT2D eigenvalue weighted by Crippen LogP contribution is -2.06. The summed E-state index contributed by atoms with van der Waals surface area (Å²) in [5.74, 6) is 1.36. The molecule has 4 heteroatoms. The second-order valence-corrected chi connectivity index (χ2v) is 4.85. The quantitative estimate of drug-likeness (QED) is 0.669. The summed E-state index contributed by atoms with van der Waals surface area (Å²) >= 11 is 1.62. The van der Waals surface area contributed by atoms with E-state index in [0.717, 1.165) is 24.3 Å². The normalized spacial score (nSPS) is 10.5. The molecule has 0 atom stereocenters. The fraction of sp³-hybridized carbons (Fsp3) is 0.462. The first-order valence-corrected chi connectivity index (χ1v) is 6.70. The third-order valence-electron chi connectivity index (χ3n) is 2.21. The number of hydrogen-bond donors (Lipinski definition) is 0. The Hall–Kier alpha value is -0.870. The summed E-state index contributed by atoms with van der Waals surface area (Å²) in [6, 6.07) is 6.08. The van der Waals surface area contributed by atoms with Crippen molar-refractivity contribution in [3.05, 3.63) is 35.6 Å². The average molecular weight is 256 g/mol. The predicted octanol–water partition coefficient (Wildman–Crippen LogP) is 2.71. The van der Waals surface area contributed by atoms with Crippen LogP contribution in [-0.2, 0) is 16.0 Å². The van der Waals surface area contributed by atoms with E-state index in [-0.39, 0.29) is 11.6 Å². The maximum absolute atomic E-state index is 12.6. The van der Waals surface area contributed by atoms with E-state index in [0.29, 0.717) is 12.2 Å². The molecule has 0 unspecified atom stereocenters. The van der Waals surface area contributed by atoms with E-state index in [1.807, 2.05) is 0 Å². The summed E-state index contributed by atoms with van der Waals surface area (Å²) < 4.78 is 17.6. The number of methoxy groups -OCH3 is 1. The highest BCUT2D eigenvalue weighted by atomic mass is 32.2. The Morgan fingerprint density at radius 2 is 2.06 bits per heavy atom. The van der Waals surface area contributed by atoms with E-state index in [1.54, 1.807) is 31.0 Å². The van der Waals surface area contributed by atoms with Crippen molar-refractivity contribution in [1.29, 1.82) is 0 Å². The minimum Gasteiger partial charge on any atom is -0.385 e. The third kappa shape index (κ3) is 6.44. The SMILES string of the molecule is COCCCSCC(=O)Cc1ccc(F)cc1. The van der Waals surface area contributed by atoms with Gasteiger partial charge in [-0.25, -0.2) is 4.39 Å². The number of halogens is 1. The van der Waals surface area contributed by atoms with Gasteiger partial charge in [-0.3, -0.25) is 4.79 Å². The van der Waals surface area contributed by atoms with Gasteiger partial charge in [0, 0.05) is 20.1 Å². The van der Waals surface area contributed by atoms with Gasteiger partial charge in [0.25, 0.3) is 0 Å². The first-order chi connectivity index (χ1) is 8.22. The van der Waals surface area contributed by atoms with E-state index in [1.165, 1.54) is 12.1 Å². The van der Waals surface area contributed by atoms with E-state index in [2.05, 4.69) is 0 Å². The standard InChI is InChI=1S/C13H17FO2S/c1-16-7-2-8-17-10-13(15)9-11-3-5-12(14)6-4-11/h3-6H,2,7-10H2,1H3. The number of rotatable bonds is 8. The van der Waals surface area contributed by atoms with Crippen molar-refractivity contribution in [3.8, 4) is 0 Å². The van der Waals surface area contributed by atoms with Crippen LogP contribution in [0.25, 0.3) is 0 Å². The van der Waals surface area contributed by atoms with Crippen LogP contribution in [0.1, 0.15) is 12.0 Å². The Morgan fingerprint density at radius 1 is 1.35 bits per heavy atom. The fourth-order valence-corrected chi connectivity index (χ4v) is 2.17. The molecule has 0 fully saturated rings. The Labute approximate surface area is 106 Å². The highest BCUT2D eigenvalue weighted by Gasteiger charge is 2.04. The molecule has 0 radical (unpaired) electrons. The molecule has 0 heterocycles. The summed E-state index contributed by atoms with van der Waals surface area (Å²) in [5, 5.41) is 0. The van der Waals surface area contributed by atoms with Crippen LogP contribution in [0.5, 0.6) is 0 Å². The molecule has 0 aliphatic heterocycles. The third-order valence-corrected chi connectivity index (χ3v) is 3.32. The van der Waals surface area contributed by atoms with E-state index >= 15 is 0 Å². The van der Waals surface area contributed by atoms with Gasteiger partial charge in [-0.15, -0.1) is 0 Å². The topological polar surface area (TPSA) is 26.3 Å². The highest BCUT2D eigenvalue weighted by molar-refractivity contribution is 7.99. The van der Waals surface area contributed by atoms with Crippen LogP contribution in [-0.4, -0.2) is 31.0 Å². The monoisotopic (exact) mass is 256 g/mol. The summed E-state index contributed by atoms with van der Waals surface area (Å²) in [4.78, 5) is 11.6. The summed E-state index contributed by atoms with van der Waals surface area (Å²) in [5.41, 5.74) is 0.869. The minimum absolute atomic E-state index is 0.180. The lowest BCUT2D eigenvalue weighted by atomic mass is 10.1. The van der Waals surface area contributed by atoms with Crippen LogP contribution in [0.4, 0.5) is 4.39 Å². The van der Waals surface area contributed by atoms with Crippen molar-refractivity contribution >= 4 is 17.5 Å². The Balaban J connectivity index is 2.18. The molecule has 0 aliphatic rings. The van der Waals surface area contributed by atoms with Crippen molar-refractivity contribution in [2.75, 3.05) is 25.2 Å². The summed E-state index contributed by atoms with van der Waals surface area (Å²) in [6.45, 7) is 0.735. The van der Waals surface area contributed by atoms with Gasteiger partial charge in [-0.05, 0) is 29.9 Å². The number of thioether (sulfide) groups is 1. The molecule has 0 N–H and O–H groups in total. The Kier molecular flexibility index (Phi) is 6.89. The number of ether oxygens (including phenoxy) is 1. The van der Waals surface area contributed by atoms with Crippen molar-refractivity contribution in [2.24, 2.45) is 0 Å². The zero-order chi connectivity index (χ0) is 12.5. The van der Waals surface area contributed by atoms with E-state index < -0.39 is 0 Å². The van der Waals surface area contributed by atoms with Gasteiger partial charge in [0.2, 0.25) is 0 Å². The molecular formula is C13H17FO2S. The Morgan fingerprint density at radius 3 is 2.71 bits per heavy atom. The molecule has 1 rings (SSSR count). The van der Waals surface area contributed by atoms with E-state index in [4.69, 9.17) is 4.74 Å². The number of carbonyl (C=O) groups excluding carboxylic acids is 1. The molecule has 0 aromatic heterocycles. The fourth-order valence-electron chi connectivity index (χ4n) is 1.37. The van der Waals surface area contributed by atoms with E-state index in [9.17, 15) is 9.18 Å². The molecular weight excluding hydrogens is 239 g/mol. The van der Waals surface area contributed by atoms with Gasteiger partial charge in [-0.2, -0.15) is 11.8 Å². The lowest BCUT2D eigenvalue weighted by molar-refractivity contribution is -0.116. The Bertz CT molecular complexity index is 338. The molecule has 0 amide bonds. The van der Waals surface area contributed by atoms with Crippen molar-refractivity contribution in [3.63, 3.8) is 0 Å². The highest BCUT2D eigenvalue weighted by Crippen LogP contribution is 2.08. The maximum Gasteiger partial charge on any atom is 0.147 e. The molecule has 17 heavy (non-hydrogen) atoms. The average Bonchev–Trinajstić information content (AvgIpc) is 2.32. The first kappa shape index (κ1) is 14.2. The summed E-state index contributed by atoms with van der Waals surface area (Å²) in [6.07, 6.45) is 1.35. The van der Waals surface area contributed by atoms with Gasteiger partial charge in [0.05, 0.1) is 5.75 Å². The molecule has 2 nitrogen and oxygen atoms in total. The lowest BCUT2D eigenvalue weighted by Gasteiger charge is -2.02. The molecule has 0 bridgehead atoms. The zero-order valence-electron chi connectivity index (χ0n) is 9.95. The smallest absolute Gasteiger partial charge is 0.147 e.